The summed E-state index contributed by atoms with van der Waals surface area (Å²) in [7, 11) is 0. The van der Waals surface area contributed by atoms with E-state index in [2.05, 4.69) is 20.5 Å². The van der Waals surface area contributed by atoms with Gasteiger partial charge in [-0.1, -0.05) is 13.8 Å². The van der Waals surface area contributed by atoms with Crippen LogP contribution in [0.5, 0.6) is 0 Å². The molecule has 2 amide bonds. The Labute approximate surface area is 229 Å². The standard InChI is InChI=1S/C30H39N5O4/c1-17(2)26(36)14-27(37)20-6-10-28(33-16-20)35-22-7-8-23(35)13-21(12-22)34-30(39)19-5-9-24(29(31)38)25(11-19)32-15-18-3-4-18/h5-6,9-11,16-18,21-23,26,32,36H,3-4,7-8,12-15H2,1-2H3,(H2,31,38)(H,34,39). The first kappa shape index (κ1) is 27.1. The summed E-state index contributed by atoms with van der Waals surface area (Å²) >= 11 is 0. The van der Waals surface area contributed by atoms with Gasteiger partial charge in [0.05, 0.1) is 11.7 Å². The molecule has 208 valence electrons. The number of anilines is 2. The van der Waals surface area contributed by atoms with Gasteiger partial charge in [-0.05, 0) is 80.7 Å². The van der Waals surface area contributed by atoms with E-state index < -0.39 is 12.0 Å². The number of primary amides is 1. The highest BCUT2D eigenvalue weighted by molar-refractivity contribution is 6.02. The summed E-state index contributed by atoms with van der Waals surface area (Å²) in [5.41, 5.74) is 7.59. The minimum atomic E-state index is -0.658. The lowest BCUT2D eigenvalue weighted by Gasteiger charge is -2.40. The Morgan fingerprint density at radius 2 is 1.74 bits per heavy atom. The van der Waals surface area contributed by atoms with E-state index in [-0.39, 0.29) is 42.2 Å². The number of aliphatic hydroxyl groups is 1. The molecule has 5 N–H and O–H groups in total. The topological polar surface area (TPSA) is 138 Å². The van der Waals surface area contributed by atoms with E-state index in [1.54, 1.807) is 30.5 Å². The average Bonchev–Trinajstić information content (AvgIpc) is 3.70. The number of nitrogens with one attached hydrogen (secondary N) is 2. The second-order valence-corrected chi connectivity index (χ2v) is 11.7. The van der Waals surface area contributed by atoms with Gasteiger partial charge in [0.1, 0.15) is 5.82 Å². The summed E-state index contributed by atoms with van der Waals surface area (Å²) in [6.07, 6.45) is 7.11. The van der Waals surface area contributed by atoms with Crippen LogP contribution in [0.2, 0.25) is 0 Å². The third-order valence-electron chi connectivity index (χ3n) is 8.39. The zero-order valence-corrected chi connectivity index (χ0v) is 22.7. The summed E-state index contributed by atoms with van der Waals surface area (Å²) in [6.45, 7) is 4.56. The van der Waals surface area contributed by atoms with Crippen molar-refractivity contribution in [2.75, 3.05) is 16.8 Å². The molecule has 3 aliphatic rings. The number of nitrogens with zero attached hydrogens (tertiary/aromatic N) is 2. The average molecular weight is 534 g/mol. The van der Waals surface area contributed by atoms with Crippen molar-refractivity contribution in [2.45, 2.75) is 83.0 Å². The van der Waals surface area contributed by atoms with Crippen molar-refractivity contribution in [3.63, 3.8) is 0 Å². The molecule has 2 aromatic rings. The van der Waals surface area contributed by atoms with E-state index in [1.165, 1.54) is 12.8 Å². The molecule has 2 bridgehead atoms. The molecule has 1 aromatic heterocycles. The zero-order chi connectivity index (χ0) is 27.7. The Bertz CT molecular complexity index is 1210. The maximum atomic E-state index is 13.2. The molecule has 3 atom stereocenters. The van der Waals surface area contributed by atoms with E-state index in [9.17, 15) is 19.5 Å². The number of piperidine rings is 1. The lowest BCUT2D eigenvalue weighted by molar-refractivity contribution is 0.0789. The smallest absolute Gasteiger partial charge is 0.251 e. The number of fused-ring (bicyclic) bond motifs is 2. The first-order valence-electron chi connectivity index (χ1n) is 14.1. The molecule has 5 rings (SSSR count). The second kappa shape index (κ2) is 11.3. The van der Waals surface area contributed by atoms with Gasteiger partial charge in [-0.2, -0.15) is 0 Å². The number of pyridine rings is 1. The number of benzene rings is 1. The Balaban J connectivity index is 1.21. The van der Waals surface area contributed by atoms with Crippen LogP contribution in [0, 0.1) is 11.8 Å². The number of ketones is 1. The summed E-state index contributed by atoms with van der Waals surface area (Å²) in [6, 6.07) is 9.29. The van der Waals surface area contributed by atoms with E-state index >= 15 is 0 Å². The summed E-state index contributed by atoms with van der Waals surface area (Å²) in [4.78, 5) is 44.5. The van der Waals surface area contributed by atoms with Crippen LogP contribution in [0.25, 0.3) is 0 Å². The van der Waals surface area contributed by atoms with Crippen LogP contribution in [0.4, 0.5) is 11.5 Å². The molecule has 0 radical (unpaired) electrons. The van der Waals surface area contributed by atoms with Gasteiger partial charge in [0, 0.05) is 54.1 Å². The number of rotatable bonds is 11. The normalized spacial score (nSPS) is 23.0. The van der Waals surface area contributed by atoms with Crippen LogP contribution in [0.15, 0.2) is 36.5 Å². The number of hydrogen-bond acceptors (Lipinski definition) is 7. The summed E-state index contributed by atoms with van der Waals surface area (Å²) in [5, 5.41) is 16.6. The Hall–Kier alpha value is -3.46. The number of nitrogens with two attached hydrogens (primary N) is 1. The number of amides is 2. The molecule has 3 fully saturated rings. The number of aromatic nitrogens is 1. The van der Waals surface area contributed by atoms with Gasteiger partial charge in [-0.25, -0.2) is 4.98 Å². The molecule has 3 heterocycles. The SMILES string of the molecule is CC(C)C(O)CC(=O)c1ccc(N2C3CCC2CC(NC(=O)c2ccc(C(N)=O)c(NCC4CC4)c2)C3)nc1. The number of Topliss-reactive ketones (excluding diaryl/α,β-unsaturated/α-hetero) is 1. The molecule has 1 saturated carbocycles. The summed E-state index contributed by atoms with van der Waals surface area (Å²) < 4.78 is 0. The van der Waals surface area contributed by atoms with Crippen LogP contribution in [-0.2, 0) is 0 Å². The highest BCUT2D eigenvalue weighted by Gasteiger charge is 2.42. The van der Waals surface area contributed by atoms with Crippen LogP contribution < -0.4 is 21.3 Å². The van der Waals surface area contributed by atoms with Crippen molar-refractivity contribution in [3.8, 4) is 0 Å². The molecule has 0 spiro atoms. The first-order chi connectivity index (χ1) is 18.7. The fourth-order valence-electron chi connectivity index (χ4n) is 5.81. The zero-order valence-electron chi connectivity index (χ0n) is 22.7. The monoisotopic (exact) mass is 533 g/mol. The van der Waals surface area contributed by atoms with Gasteiger partial charge in [-0.3, -0.25) is 14.4 Å². The molecule has 2 saturated heterocycles. The van der Waals surface area contributed by atoms with Gasteiger partial charge in [-0.15, -0.1) is 0 Å². The van der Waals surface area contributed by atoms with Crippen LogP contribution in [0.3, 0.4) is 0 Å². The van der Waals surface area contributed by atoms with Crippen molar-refractivity contribution >= 4 is 29.1 Å². The van der Waals surface area contributed by atoms with Crippen molar-refractivity contribution in [2.24, 2.45) is 17.6 Å². The molecule has 3 unspecified atom stereocenters. The van der Waals surface area contributed by atoms with E-state index in [0.29, 0.717) is 28.3 Å². The maximum Gasteiger partial charge on any atom is 0.251 e. The van der Waals surface area contributed by atoms with Crippen molar-refractivity contribution in [1.29, 1.82) is 0 Å². The van der Waals surface area contributed by atoms with E-state index in [4.69, 9.17) is 5.73 Å². The van der Waals surface area contributed by atoms with Crippen molar-refractivity contribution in [1.82, 2.24) is 10.3 Å². The van der Waals surface area contributed by atoms with Crippen molar-refractivity contribution < 1.29 is 19.5 Å². The van der Waals surface area contributed by atoms with Gasteiger partial charge in [0.2, 0.25) is 0 Å². The van der Waals surface area contributed by atoms with Crippen LogP contribution in [-0.4, -0.2) is 58.5 Å². The van der Waals surface area contributed by atoms with E-state index in [0.717, 1.165) is 38.0 Å². The molecule has 9 heteroatoms. The highest BCUT2D eigenvalue weighted by atomic mass is 16.3. The number of carbonyl (C=O) groups excluding carboxylic acids is 3. The molecular weight excluding hydrogens is 494 g/mol. The molecule has 1 aromatic carbocycles. The third-order valence-corrected chi connectivity index (χ3v) is 8.39. The highest BCUT2D eigenvalue weighted by Crippen LogP contribution is 2.39. The number of hydrogen-bond donors (Lipinski definition) is 4. The van der Waals surface area contributed by atoms with Gasteiger partial charge < -0.3 is 26.4 Å². The lowest BCUT2D eigenvalue weighted by Crippen LogP contribution is -2.50. The largest absolute Gasteiger partial charge is 0.392 e. The van der Waals surface area contributed by atoms with Gasteiger partial charge >= 0.3 is 0 Å². The number of aliphatic hydroxyl groups excluding tert-OH is 1. The Kier molecular flexibility index (Phi) is 7.88. The van der Waals surface area contributed by atoms with Crippen LogP contribution in [0.1, 0.15) is 89.9 Å². The molecule has 39 heavy (non-hydrogen) atoms. The van der Waals surface area contributed by atoms with Crippen LogP contribution >= 0.6 is 0 Å². The minimum Gasteiger partial charge on any atom is -0.392 e. The van der Waals surface area contributed by atoms with E-state index in [1.807, 2.05) is 19.9 Å². The van der Waals surface area contributed by atoms with Gasteiger partial charge in [0.25, 0.3) is 11.8 Å². The third kappa shape index (κ3) is 6.24. The quantitative estimate of drug-likeness (QED) is 0.324. The molecule has 1 aliphatic carbocycles. The van der Waals surface area contributed by atoms with Crippen molar-refractivity contribution in [3.05, 3.63) is 53.2 Å². The molecular formula is C30H39N5O4. The number of carbonyl (C=O) groups is 3. The molecule has 2 aliphatic heterocycles. The molecule has 9 nitrogen and oxygen atoms in total. The predicted octanol–water partition coefficient (Wildman–Crippen LogP) is 3.52. The Morgan fingerprint density at radius 1 is 1.05 bits per heavy atom. The lowest BCUT2D eigenvalue weighted by atomic mass is 9.96. The first-order valence-corrected chi connectivity index (χ1v) is 14.1. The summed E-state index contributed by atoms with van der Waals surface area (Å²) in [5.74, 6) is 0.731. The maximum absolute atomic E-state index is 13.2. The van der Waals surface area contributed by atoms with Gasteiger partial charge in [0.15, 0.2) is 5.78 Å². The second-order valence-electron chi connectivity index (χ2n) is 11.7. The minimum absolute atomic E-state index is 0.0270. The fraction of sp³-hybridized carbons (Fsp3) is 0.533. The fourth-order valence-corrected chi connectivity index (χ4v) is 5.81. The predicted molar refractivity (Wildman–Crippen MR) is 150 cm³/mol. The Morgan fingerprint density at radius 3 is 2.33 bits per heavy atom.